The van der Waals surface area contributed by atoms with Gasteiger partial charge in [-0.2, -0.15) is 4.98 Å². The van der Waals surface area contributed by atoms with Crippen LogP contribution in [0.5, 0.6) is 0 Å². The molecule has 0 aromatic carbocycles. The van der Waals surface area contributed by atoms with Crippen LogP contribution in [0.15, 0.2) is 36.0 Å². The molecule has 3 heterocycles. The minimum atomic E-state index is 0.427. The number of aromatic nitrogens is 3. The first-order valence-electron chi connectivity index (χ1n) is 6.10. The van der Waals surface area contributed by atoms with E-state index in [0.29, 0.717) is 5.95 Å². The molecule has 3 N–H and O–H groups in total. The van der Waals surface area contributed by atoms with E-state index in [-0.39, 0.29) is 0 Å². The number of fused-ring (bicyclic) bond motifs is 1. The van der Waals surface area contributed by atoms with Crippen LogP contribution in [-0.4, -0.2) is 22.0 Å². The lowest BCUT2D eigenvalue weighted by Crippen LogP contribution is -2.20. The van der Waals surface area contributed by atoms with E-state index in [1.165, 1.54) is 5.56 Å². The van der Waals surface area contributed by atoms with E-state index in [9.17, 15) is 0 Å². The van der Waals surface area contributed by atoms with Gasteiger partial charge in [0.1, 0.15) is 10.6 Å². The maximum atomic E-state index is 5.43. The fraction of sp³-hybridized carbons (Fsp3) is 0.154. The molecule has 0 aliphatic carbocycles. The summed E-state index contributed by atoms with van der Waals surface area (Å²) in [7, 11) is 2.00. The number of pyridine rings is 1. The van der Waals surface area contributed by atoms with Gasteiger partial charge < -0.3 is 4.90 Å². The van der Waals surface area contributed by atoms with Gasteiger partial charge in [-0.25, -0.2) is 10.8 Å². The van der Waals surface area contributed by atoms with Crippen LogP contribution in [0.1, 0.15) is 5.56 Å². The summed E-state index contributed by atoms with van der Waals surface area (Å²) >= 11 is 1.57. The fourth-order valence-corrected chi connectivity index (χ4v) is 2.79. The second-order valence-corrected chi connectivity index (χ2v) is 5.26. The summed E-state index contributed by atoms with van der Waals surface area (Å²) in [5, 5.41) is 3.04. The van der Waals surface area contributed by atoms with Crippen LogP contribution in [0.25, 0.3) is 10.2 Å². The first-order valence-corrected chi connectivity index (χ1v) is 6.98. The average molecular weight is 286 g/mol. The summed E-state index contributed by atoms with van der Waals surface area (Å²) in [5.74, 6) is 6.72. The highest BCUT2D eigenvalue weighted by molar-refractivity contribution is 7.16. The quantitative estimate of drug-likeness (QED) is 0.564. The van der Waals surface area contributed by atoms with Crippen molar-refractivity contribution in [3.05, 3.63) is 41.5 Å². The number of nitrogens with two attached hydrogens (primary N) is 1. The minimum absolute atomic E-state index is 0.427. The number of hydrazine groups is 1. The maximum Gasteiger partial charge on any atom is 0.240 e. The first kappa shape index (κ1) is 12.8. The monoisotopic (exact) mass is 286 g/mol. The van der Waals surface area contributed by atoms with Gasteiger partial charge in [0.2, 0.25) is 5.95 Å². The third-order valence-electron chi connectivity index (χ3n) is 2.96. The molecule has 3 rings (SSSR count). The Kier molecular flexibility index (Phi) is 3.44. The topological polar surface area (TPSA) is 80.0 Å². The lowest BCUT2D eigenvalue weighted by molar-refractivity contribution is 0.898. The van der Waals surface area contributed by atoms with Crippen LogP contribution in [0.2, 0.25) is 0 Å². The zero-order chi connectivity index (χ0) is 13.9. The van der Waals surface area contributed by atoms with Crippen LogP contribution in [0.3, 0.4) is 0 Å². The summed E-state index contributed by atoms with van der Waals surface area (Å²) in [6, 6.07) is 6.01. The van der Waals surface area contributed by atoms with Crippen LogP contribution < -0.4 is 16.2 Å². The smallest absolute Gasteiger partial charge is 0.240 e. The molecule has 7 heteroatoms. The highest BCUT2D eigenvalue weighted by Crippen LogP contribution is 2.28. The van der Waals surface area contributed by atoms with Gasteiger partial charge >= 0.3 is 0 Å². The number of hydrogen-bond donors (Lipinski definition) is 2. The molecule has 0 radical (unpaired) electrons. The summed E-state index contributed by atoms with van der Waals surface area (Å²) in [4.78, 5) is 15.8. The number of nitrogen functional groups attached to an aromatic ring is 1. The summed E-state index contributed by atoms with van der Waals surface area (Å²) < 4.78 is 0. The van der Waals surface area contributed by atoms with Crippen molar-refractivity contribution in [1.29, 1.82) is 0 Å². The fourth-order valence-electron chi connectivity index (χ4n) is 2.03. The SMILES string of the molecule is CN(Cc1ccncc1)c1nc(NN)nc2sccc12. The van der Waals surface area contributed by atoms with Crippen molar-refractivity contribution >= 4 is 33.3 Å². The standard InChI is InChI=1S/C13H14N6S/c1-19(8-9-2-5-15-6-3-9)11-10-4-7-20-12(10)17-13(16-11)18-14/h2-7H,8,14H2,1H3,(H,16,17,18). The number of rotatable bonds is 4. The Labute approximate surface area is 120 Å². The second-order valence-electron chi connectivity index (χ2n) is 4.37. The maximum absolute atomic E-state index is 5.43. The molecule has 6 nitrogen and oxygen atoms in total. The Balaban J connectivity index is 1.98. The van der Waals surface area contributed by atoms with Crippen LogP contribution >= 0.6 is 11.3 Å². The molecule has 0 aliphatic heterocycles. The zero-order valence-corrected chi connectivity index (χ0v) is 11.8. The van der Waals surface area contributed by atoms with Crippen molar-refractivity contribution in [3.63, 3.8) is 0 Å². The Hall–Kier alpha value is -2.25. The molecule has 0 atom stereocenters. The molecule has 0 aliphatic rings. The van der Waals surface area contributed by atoms with Crippen molar-refractivity contribution in [3.8, 4) is 0 Å². The predicted molar refractivity (Wildman–Crippen MR) is 81.6 cm³/mol. The number of thiophene rings is 1. The molecule has 0 amide bonds. The lowest BCUT2D eigenvalue weighted by atomic mass is 10.2. The molecular weight excluding hydrogens is 272 g/mol. The van der Waals surface area contributed by atoms with E-state index in [2.05, 4.69) is 25.3 Å². The highest BCUT2D eigenvalue weighted by atomic mass is 32.1. The summed E-state index contributed by atoms with van der Waals surface area (Å²) in [6.45, 7) is 0.745. The number of nitrogens with one attached hydrogen (secondary N) is 1. The number of hydrogen-bond acceptors (Lipinski definition) is 7. The second kappa shape index (κ2) is 5.40. The van der Waals surface area contributed by atoms with E-state index in [4.69, 9.17) is 5.84 Å². The third-order valence-corrected chi connectivity index (χ3v) is 3.77. The van der Waals surface area contributed by atoms with Crippen molar-refractivity contribution in [2.24, 2.45) is 5.84 Å². The van der Waals surface area contributed by atoms with E-state index in [1.807, 2.05) is 30.6 Å². The van der Waals surface area contributed by atoms with Crippen molar-refractivity contribution in [1.82, 2.24) is 15.0 Å². The van der Waals surface area contributed by atoms with Gasteiger partial charge in [0.15, 0.2) is 0 Å². The van der Waals surface area contributed by atoms with E-state index < -0.39 is 0 Å². The Morgan fingerprint density at radius 2 is 2.05 bits per heavy atom. The molecule has 0 saturated heterocycles. The molecule has 3 aromatic rings. The molecule has 0 unspecified atom stereocenters. The van der Waals surface area contributed by atoms with Gasteiger partial charge in [-0.15, -0.1) is 11.3 Å². The first-order chi connectivity index (χ1) is 9.78. The van der Waals surface area contributed by atoms with Gasteiger partial charge in [-0.1, -0.05) is 0 Å². The van der Waals surface area contributed by atoms with Crippen molar-refractivity contribution < 1.29 is 0 Å². The summed E-state index contributed by atoms with van der Waals surface area (Å²) in [5.41, 5.74) is 3.69. The van der Waals surface area contributed by atoms with Crippen LogP contribution in [-0.2, 0) is 6.54 Å². The molecule has 3 aromatic heterocycles. The van der Waals surface area contributed by atoms with E-state index in [0.717, 1.165) is 22.6 Å². The highest BCUT2D eigenvalue weighted by Gasteiger charge is 2.12. The van der Waals surface area contributed by atoms with Gasteiger partial charge in [0.25, 0.3) is 0 Å². The normalized spacial score (nSPS) is 10.7. The van der Waals surface area contributed by atoms with Gasteiger partial charge in [0, 0.05) is 26.0 Å². The Bertz CT molecular complexity index is 711. The lowest BCUT2D eigenvalue weighted by Gasteiger charge is -2.19. The number of nitrogens with zero attached hydrogens (tertiary/aromatic N) is 4. The number of anilines is 2. The predicted octanol–water partition coefficient (Wildman–Crippen LogP) is 2.01. The Morgan fingerprint density at radius 1 is 1.25 bits per heavy atom. The van der Waals surface area contributed by atoms with Crippen LogP contribution in [0, 0.1) is 0 Å². The van der Waals surface area contributed by atoms with Crippen molar-refractivity contribution in [2.75, 3.05) is 17.4 Å². The Morgan fingerprint density at radius 3 is 2.80 bits per heavy atom. The molecule has 0 fully saturated rings. The third kappa shape index (κ3) is 2.40. The van der Waals surface area contributed by atoms with E-state index >= 15 is 0 Å². The summed E-state index contributed by atoms with van der Waals surface area (Å²) in [6.07, 6.45) is 3.58. The largest absolute Gasteiger partial charge is 0.355 e. The molecular formula is C13H14N6S. The molecule has 0 saturated carbocycles. The van der Waals surface area contributed by atoms with E-state index in [1.54, 1.807) is 23.7 Å². The minimum Gasteiger partial charge on any atom is -0.355 e. The van der Waals surface area contributed by atoms with Gasteiger partial charge in [-0.05, 0) is 29.1 Å². The molecule has 0 spiro atoms. The molecule has 0 bridgehead atoms. The average Bonchev–Trinajstić information content (AvgIpc) is 2.95. The molecule has 102 valence electrons. The zero-order valence-electron chi connectivity index (χ0n) is 10.9. The van der Waals surface area contributed by atoms with Gasteiger partial charge in [0.05, 0.1) is 5.39 Å². The van der Waals surface area contributed by atoms with Crippen LogP contribution in [0.4, 0.5) is 11.8 Å². The van der Waals surface area contributed by atoms with Gasteiger partial charge in [-0.3, -0.25) is 10.4 Å². The molecule has 20 heavy (non-hydrogen) atoms. The van der Waals surface area contributed by atoms with Crippen molar-refractivity contribution in [2.45, 2.75) is 6.54 Å².